The molecule has 1 atom stereocenters. The molecule has 1 N–H and O–H groups in total. The van der Waals surface area contributed by atoms with Gasteiger partial charge in [-0.25, -0.2) is 9.37 Å². The second-order valence-corrected chi connectivity index (χ2v) is 8.69. The SMILES string of the molecule is CC(Sc1nnc(-c2ccc(F)cc2)n1C)C(=O)Nc1nc(-c2ccccc2)cs1. The van der Waals surface area contributed by atoms with Crippen LogP contribution in [-0.2, 0) is 11.8 Å². The van der Waals surface area contributed by atoms with E-state index in [1.807, 2.05) is 42.8 Å². The van der Waals surface area contributed by atoms with Gasteiger partial charge in [0.15, 0.2) is 16.1 Å². The van der Waals surface area contributed by atoms with E-state index in [2.05, 4.69) is 20.5 Å². The molecule has 2 aromatic carbocycles. The maximum atomic E-state index is 13.2. The standard InChI is InChI=1S/C21H18FN5OS2/c1-13(19(28)24-20-23-17(12-29-20)14-6-4-3-5-7-14)30-21-26-25-18(27(21)2)15-8-10-16(22)11-9-15/h3-13H,1-2H3,(H,23,24,28). The minimum Gasteiger partial charge on any atom is -0.305 e. The molecule has 4 rings (SSSR count). The Kier molecular flexibility index (Phi) is 5.91. The zero-order valence-corrected chi connectivity index (χ0v) is 17.9. The number of nitrogens with zero attached hydrogens (tertiary/aromatic N) is 4. The second-order valence-electron chi connectivity index (χ2n) is 6.53. The first-order valence-electron chi connectivity index (χ1n) is 9.15. The van der Waals surface area contributed by atoms with E-state index in [0.717, 1.165) is 16.8 Å². The minimum absolute atomic E-state index is 0.166. The molecule has 0 fully saturated rings. The highest BCUT2D eigenvalue weighted by molar-refractivity contribution is 8.00. The van der Waals surface area contributed by atoms with Gasteiger partial charge in [0.2, 0.25) is 5.91 Å². The van der Waals surface area contributed by atoms with Crippen molar-refractivity contribution in [1.82, 2.24) is 19.7 Å². The summed E-state index contributed by atoms with van der Waals surface area (Å²) in [6.45, 7) is 1.80. The molecule has 0 aliphatic carbocycles. The van der Waals surface area contributed by atoms with Crippen molar-refractivity contribution in [2.24, 2.45) is 7.05 Å². The molecule has 30 heavy (non-hydrogen) atoms. The number of thioether (sulfide) groups is 1. The van der Waals surface area contributed by atoms with Gasteiger partial charge in [-0.2, -0.15) is 0 Å². The molecule has 9 heteroatoms. The highest BCUT2D eigenvalue weighted by atomic mass is 32.2. The van der Waals surface area contributed by atoms with Crippen molar-refractivity contribution in [3.8, 4) is 22.6 Å². The van der Waals surface area contributed by atoms with Gasteiger partial charge in [0.05, 0.1) is 10.9 Å². The lowest BCUT2D eigenvalue weighted by atomic mass is 10.2. The molecule has 2 heterocycles. The van der Waals surface area contributed by atoms with Crippen molar-refractivity contribution >= 4 is 34.1 Å². The summed E-state index contributed by atoms with van der Waals surface area (Å²) in [5, 5.41) is 13.9. The van der Waals surface area contributed by atoms with E-state index in [1.165, 1.54) is 35.2 Å². The normalized spacial score (nSPS) is 12.0. The lowest BCUT2D eigenvalue weighted by Gasteiger charge is -2.10. The first-order valence-corrected chi connectivity index (χ1v) is 10.9. The number of hydrogen-bond acceptors (Lipinski definition) is 6. The van der Waals surface area contributed by atoms with Crippen LogP contribution in [0.25, 0.3) is 22.6 Å². The molecule has 1 amide bonds. The fourth-order valence-corrected chi connectivity index (χ4v) is 4.30. The smallest absolute Gasteiger partial charge is 0.239 e. The molecule has 1 unspecified atom stereocenters. The van der Waals surface area contributed by atoms with E-state index in [0.29, 0.717) is 16.1 Å². The van der Waals surface area contributed by atoms with Crippen molar-refractivity contribution in [3.05, 3.63) is 65.8 Å². The fourth-order valence-electron chi connectivity index (χ4n) is 2.76. The van der Waals surface area contributed by atoms with Gasteiger partial charge in [-0.3, -0.25) is 4.79 Å². The van der Waals surface area contributed by atoms with Gasteiger partial charge >= 0.3 is 0 Å². The van der Waals surface area contributed by atoms with Crippen LogP contribution in [0.15, 0.2) is 65.1 Å². The third-order valence-corrected chi connectivity index (χ3v) is 6.28. The molecule has 0 saturated heterocycles. The van der Waals surface area contributed by atoms with E-state index >= 15 is 0 Å². The number of carbonyl (C=O) groups excluding carboxylic acids is 1. The molecule has 0 saturated carbocycles. The molecule has 0 bridgehead atoms. The number of thiazole rings is 1. The number of aromatic nitrogens is 4. The third-order valence-electron chi connectivity index (χ3n) is 4.39. The summed E-state index contributed by atoms with van der Waals surface area (Å²) in [7, 11) is 1.82. The predicted octanol–water partition coefficient (Wildman–Crippen LogP) is 4.86. The summed E-state index contributed by atoms with van der Waals surface area (Å²) in [5.41, 5.74) is 2.59. The summed E-state index contributed by atoms with van der Waals surface area (Å²) in [4.78, 5) is 17.1. The highest BCUT2D eigenvalue weighted by Crippen LogP contribution is 2.28. The lowest BCUT2D eigenvalue weighted by Crippen LogP contribution is -2.22. The van der Waals surface area contributed by atoms with Crippen LogP contribution < -0.4 is 5.32 Å². The highest BCUT2D eigenvalue weighted by Gasteiger charge is 2.20. The first-order chi connectivity index (χ1) is 14.5. The maximum absolute atomic E-state index is 13.2. The quantitative estimate of drug-likeness (QED) is 0.434. The number of rotatable bonds is 6. The van der Waals surface area contributed by atoms with E-state index in [-0.39, 0.29) is 11.7 Å². The Morgan fingerprint density at radius 3 is 2.57 bits per heavy atom. The van der Waals surface area contributed by atoms with Crippen molar-refractivity contribution in [2.75, 3.05) is 5.32 Å². The molecule has 0 radical (unpaired) electrons. The lowest BCUT2D eigenvalue weighted by molar-refractivity contribution is -0.115. The molecule has 0 aliphatic heterocycles. The molecule has 0 spiro atoms. The average Bonchev–Trinajstić information content (AvgIpc) is 3.36. The van der Waals surface area contributed by atoms with Gasteiger partial charge in [0.1, 0.15) is 5.82 Å². The van der Waals surface area contributed by atoms with Crippen molar-refractivity contribution < 1.29 is 9.18 Å². The molecular formula is C21H18FN5OS2. The Labute approximate surface area is 181 Å². The van der Waals surface area contributed by atoms with Gasteiger partial charge in [0.25, 0.3) is 0 Å². The Balaban J connectivity index is 1.42. The monoisotopic (exact) mass is 439 g/mol. The van der Waals surface area contributed by atoms with Crippen molar-refractivity contribution in [2.45, 2.75) is 17.3 Å². The van der Waals surface area contributed by atoms with E-state index in [1.54, 1.807) is 23.6 Å². The Morgan fingerprint density at radius 2 is 1.83 bits per heavy atom. The molecule has 2 aromatic heterocycles. The number of anilines is 1. The number of amides is 1. The van der Waals surface area contributed by atoms with Crippen LogP contribution in [0.5, 0.6) is 0 Å². The summed E-state index contributed by atoms with van der Waals surface area (Å²) in [6.07, 6.45) is 0. The number of carbonyl (C=O) groups is 1. The van der Waals surface area contributed by atoms with Gasteiger partial charge in [-0.1, -0.05) is 42.1 Å². The number of hydrogen-bond donors (Lipinski definition) is 1. The molecule has 0 aliphatic rings. The van der Waals surface area contributed by atoms with Gasteiger partial charge < -0.3 is 9.88 Å². The Bertz CT molecular complexity index is 1160. The topological polar surface area (TPSA) is 72.7 Å². The summed E-state index contributed by atoms with van der Waals surface area (Å²) >= 11 is 2.69. The molecule has 6 nitrogen and oxygen atoms in total. The van der Waals surface area contributed by atoms with Crippen LogP contribution >= 0.6 is 23.1 Å². The van der Waals surface area contributed by atoms with Gasteiger partial charge in [-0.15, -0.1) is 21.5 Å². The molecule has 152 valence electrons. The van der Waals surface area contributed by atoms with E-state index < -0.39 is 5.25 Å². The van der Waals surface area contributed by atoms with Crippen LogP contribution in [0, 0.1) is 5.82 Å². The minimum atomic E-state index is -0.405. The molecular weight excluding hydrogens is 421 g/mol. The largest absolute Gasteiger partial charge is 0.305 e. The fraction of sp³-hybridized carbons (Fsp3) is 0.143. The summed E-state index contributed by atoms with van der Waals surface area (Å²) in [5.74, 6) is 0.135. The second kappa shape index (κ2) is 8.76. The third kappa shape index (κ3) is 4.42. The van der Waals surface area contributed by atoms with Crippen molar-refractivity contribution in [3.63, 3.8) is 0 Å². The predicted molar refractivity (Wildman–Crippen MR) is 118 cm³/mol. The van der Waals surface area contributed by atoms with Crippen LogP contribution in [0.3, 0.4) is 0 Å². The van der Waals surface area contributed by atoms with E-state index in [4.69, 9.17) is 0 Å². The Hall–Kier alpha value is -3.04. The number of benzene rings is 2. The van der Waals surface area contributed by atoms with Gasteiger partial charge in [0, 0.05) is 23.6 Å². The van der Waals surface area contributed by atoms with Crippen LogP contribution in [-0.4, -0.2) is 30.9 Å². The molecule has 4 aromatic rings. The summed E-state index contributed by atoms with van der Waals surface area (Å²) in [6, 6.07) is 15.9. The van der Waals surface area contributed by atoms with E-state index in [9.17, 15) is 9.18 Å². The van der Waals surface area contributed by atoms with Crippen LogP contribution in [0.1, 0.15) is 6.92 Å². The summed E-state index contributed by atoms with van der Waals surface area (Å²) < 4.78 is 14.9. The number of nitrogens with one attached hydrogen (secondary N) is 1. The first kappa shape index (κ1) is 20.2. The van der Waals surface area contributed by atoms with Gasteiger partial charge in [-0.05, 0) is 31.2 Å². The van der Waals surface area contributed by atoms with Crippen LogP contribution in [0.4, 0.5) is 9.52 Å². The average molecular weight is 440 g/mol. The maximum Gasteiger partial charge on any atom is 0.239 e. The zero-order chi connectivity index (χ0) is 21.1. The zero-order valence-electron chi connectivity index (χ0n) is 16.2. The van der Waals surface area contributed by atoms with Crippen molar-refractivity contribution in [1.29, 1.82) is 0 Å². The Morgan fingerprint density at radius 1 is 1.10 bits per heavy atom. The van der Waals surface area contributed by atoms with Crippen LogP contribution in [0.2, 0.25) is 0 Å². The number of halogens is 1.